The van der Waals surface area contributed by atoms with Gasteiger partial charge in [0.25, 0.3) is 0 Å². The molecule has 0 spiro atoms. The average molecular weight is 377 g/mol. The van der Waals surface area contributed by atoms with Crippen LogP contribution in [0.2, 0.25) is 0 Å². The van der Waals surface area contributed by atoms with E-state index in [-0.39, 0.29) is 49.6 Å². The van der Waals surface area contributed by atoms with Gasteiger partial charge < -0.3 is 49.6 Å². The number of hydrogen-bond acceptors (Lipinski definition) is 0. The van der Waals surface area contributed by atoms with Crippen molar-refractivity contribution in [1.82, 2.24) is 0 Å². The summed E-state index contributed by atoms with van der Waals surface area (Å²) in [5.74, 6) is 0. The molecule has 6 heteroatoms. The normalized spacial score (nSPS) is 5.67. The van der Waals surface area contributed by atoms with Gasteiger partial charge in [-0.1, -0.05) is 72.8 Å². The van der Waals surface area contributed by atoms with Crippen molar-refractivity contribution in [3.05, 3.63) is 72.8 Å². The first-order valence-electron chi connectivity index (χ1n) is 4.24. The molecule has 0 aliphatic rings. The summed E-state index contributed by atoms with van der Waals surface area (Å²) in [6, 6.07) is 24.0. The Bertz CT molecular complexity index is 199. The molecule has 0 heterocycles. The predicted octanol–water partition coefficient (Wildman–Crippen LogP) is -8.99. The summed E-state index contributed by atoms with van der Waals surface area (Å²) < 4.78 is 0. The molecule has 0 unspecified atom stereocenters. The first-order valence-corrected chi connectivity index (χ1v) is 6.92. The van der Waals surface area contributed by atoms with Crippen molar-refractivity contribution in [2.75, 3.05) is 0 Å². The Labute approximate surface area is 150 Å². The fourth-order valence-corrected chi connectivity index (χ4v) is 0.770. The number of rotatable bonds is 0. The van der Waals surface area contributed by atoms with Gasteiger partial charge in [-0.2, -0.15) is 0 Å². The van der Waals surface area contributed by atoms with Gasteiger partial charge in [0.1, 0.15) is 0 Å². The van der Waals surface area contributed by atoms with Crippen LogP contribution in [0.4, 0.5) is 0 Å². The van der Waals surface area contributed by atoms with Crippen LogP contribution in [0, 0.1) is 0 Å². The van der Waals surface area contributed by atoms with E-state index in [1.807, 2.05) is 72.8 Å². The quantitative estimate of drug-likeness (QED) is 0.401. The van der Waals surface area contributed by atoms with E-state index in [0.29, 0.717) is 0 Å². The zero-order chi connectivity index (χ0) is 10.5. The molecule has 97 valence electrons. The standard InChI is InChI=1S/2C6H6.Al.4ClH.Cr/c2*1-2-4-6-5-3-1;;;;;;/h2*1-6H;;4*1H;/q;;;;;;;+4/p-4. The van der Waals surface area contributed by atoms with Gasteiger partial charge >= 0.3 is 28.8 Å². The third kappa shape index (κ3) is 25.5. The summed E-state index contributed by atoms with van der Waals surface area (Å²) in [7, 11) is 0. The second kappa shape index (κ2) is 30.6. The van der Waals surface area contributed by atoms with Gasteiger partial charge in [0.2, 0.25) is 0 Å². The Kier molecular flexibility index (Phi) is 53.0. The molecule has 2 aromatic carbocycles. The van der Waals surface area contributed by atoms with E-state index in [0.717, 1.165) is 0 Å². The summed E-state index contributed by atoms with van der Waals surface area (Å²) >= 11 is 4.83. The summed E-state index contributed by atoms with van der Waals surface area (Å²) in [5, 5.41) is 0. The fraction of sp³-hybridized carbons (Fsp3) is 0. The van der Waals surface area contributed by atoms with Gasteiger partial charge in [0, 0.05) is 0 Å². The van der Waals surface area contributed by atoms with E-state index in [1.165, 1.54) is 0 Å². The third-order valence-corrected chi connectivity index (χ3v) is 1.33. The molecule has 0 amide bonds. The van der Waals surface area contributed by atoms with Crippen LogP contribution in [0.1, 0.15) is 0 Å². The van der Waals surface area contributed by atoms with Crippen LogP contribution < -0.4 is 49.6 Å². The second-order valence-electron chi connectivity index (χ2n) is 2.31. The van der Waals surface area contributed by atoms with Gasteiger partial charge in [-0.05, 0) is 0 Å². The Hall–Kier alpha value is 0.665. The van der Waals surface area contributed by atoms with Crippen molar-refractivity contribution in [1.29, 1.82) is 0 Å². The first-order chi connectivity index (χ1) is 7.00. The predicted molar refractivity (Wildman–Crippen MR) is 58.6 cm³/mol. The van der Waals surface area contributed by atoms with E-state index in [2.05, 4.69) is 28.8 Å². The maximum absolute atomic E-state index is 2.54. The van der Waals surface area contributed by atoms with Crippen LogP contribution in [0.3, 0.4) is 0 Å². The van der Waals surface area contributed by atoms with Gasteiger partial charge in [-0.25, -0.2) is 0 Å². The molecule has 2 radical (unpaired) electrons. The molecule has 0 aliphatic carbocycles. The average Bonchev–Trinajstić information content (AvgIpc) is 2.37. The fourth-order valence-electron chi connectivity index (χ4n) is 0.770. The number of hydrogen-bond donors (Lipinski definition) is 0. The minimum Gasteiger partial charge on any atom is -1.00 e. The molecule has 2 rings (SSSR count). The van der Waals surface area contributed by atoms with Crippen molar-refractivity contribution in [3.8, 4) is 0 Å². The molecule has 0 saturated heterocycles. The third-order valence-electron chi connectivity index (χ3n) is 1.33. The molecular weight excluding hydrogens is 365 g/mol. The van der Waals surface area contributed by atoms with Crippen molar-refractivity contribution in [2.24, 2.45) is 0 Å². The Morgan fingerprint density at radius 3 is 0.444 bits per heavy atom. The maximum Gasteiger partial charge on any atom is -0.0623 e. The molecule has 2 aromatic rings. The molecule has 0 atom stereocenters. The van der Waals surface area contributed by atoms with Crippen LogP contribution in [0.15, 0.2) is 72.8 Å². The summed E-state index contributed by atoms with van der Waals surface area (Å²) in [5.41, 5.74) is 0. The first kappa shape index (κ1) is 31.2. The largest absolute Gasteiger partial charge is 1.00 e. The molecule has 0 bridgehead atoms. The molecule has 18 heavy (non-hydrogen) atoms. The summed E-state index contributed by atoms with van der Waals surface area (Å²) in [4.78, 5) is 0. The minimum absolute atomic E-state index is 0. The van der Waals surface area contributed by atoms with Gasteiger partial charge in [-0.15, -0.1) is 0 Å². The molecule has 0 saturated carbocycles. The van der Waals surface area contributed by atoms with Gasteiger partial charge in [-0.3, -0.25) is 0 Å². The Morgan fingerprint density at radius 1 is 0.333 bits per heavy atom. The molecule has 0 fully saturated rings. The Balaban J connectivity index is -0.0000000460. The summed E-state index contributed by atoms with van der Waals surface area (Å²) in [6.45, 7) is 0. The second-order valence-corrected chi connectivity index (χ2v) is 2.31. The van der Waals surface area contributed by atoms with E-state index < -0.39 is 0 Å². The zero-order valence-corrected chi connectivity index (χ0v) is 14.9. The van der Waals surface area contributed by atoms with Crippen molar-refractivity contribution in [3.63, 3.8) is 0 Å². The smallest absolute Gasteiger partial charge is 0.0623 e. The van der Waals surface area contributed by atoms with Crippen molar-refractivity contribution in [2.45, 2.75) is 0 Å². The van der Waals surface area contributed by atoms with Crippen molar-refractivity contribution < 1.29 is 64.0 Å². The molecular formula is C12H12AlCl4Cr. The molecule has 0 aliphatic heterocycles. The summed E-state index contributed by atoms with van der Waals surface area (Å²) in [6.07, 6.45) is 0. The van der Waals surface area contributed by atoms with Crippen LogP contribution in [-0.2, 0) is 14.4 Å². The van der Waals surface area contributed by atoms with Gasteiger partial charge in [0.05, 0.1) is 0 Å². The van der Waals surface area contributed by atoms with Crippen LogP contribution in [-0.4, -0.2) is 14.4 Å². The SMILES string of the molecule is [Al][Cr+4].[Cl-].[Cl-].[Cl-].[Cl-].c1ccccc1.c1ccccc1. The van der Waals surface area contributed by atoms with E-state index in [1.54, 1.807) is 0 Å². The van der Waals surface area contributed by atoms with E-state index in [9.17, 15) is 0 Å². The van der Waals surface area contributed by atoms with Crippen molar-refractivity contribution >= 4 is 14.4 Å². The molecule has 0 aromatic heterocycles. The van der Waals surface area contributed by atoms with Crippen LogP contribution in [0.25, 0.3) is 0 Å². The topological polar surface area (TPSA) is 0 Å². The molecule has 0 nitrogen and oxygen atoms in total. The van der Waals surface area contributed by atoms with Crippen LogP contribution >= 0.6 is 0 Å². The van der Waals surface area contributed by atoms with Crippen LogP contribution in [0.5, 0.6) is 0 Å². The van der Waals surface area contributed by atoms with Gasteiger partial charge in [0.15, 0.2) is 0 Å². The number of halogens is 4. The van der Waals surface area contributed by atoms with E-state index >= 15 is 0 Å². The van der Waals surface area contributed by atoms with E-state index in [4.69, 9.17) is 0 Å². The Morgan fingerprint density at radius 2 is 0.389 bits per heavy atom. The maximum atomic E-state index is 2.54. The molecule has 0 N–H and O–H groups in total. The monoisotopic (exact) mass is 375 g/mol. The minimum atomic E-state index is 0. The zero-order valence-electron chi connectivity index (χ0n) is 9.43. The number of benzene rings is 2.